The average Bonchev–Trinajstić information content (AvgIpc) is 2.73. The molecule has 170 valence electrons. The molecule has 0 fully saturated rings. The molecule has 4 nitrogen and oxygen atoms in total. The Morgan fingerprint density at radius 1 is 1.06 bits per heavy atom. The molecule has 31 heavy (non-hydrogen) atoms. The summed E-state index contributed by atoms with van der Waals surface area (Å²) >= 11 is 0. The lowest BCUT2D eigenvalue weighted by Crippen LogP contribution is -2.32. The van der Waals surface area contributed by atoms with E-state index in [0.29, 0.717) is 17.7 Å². The third kappa shape index (κ3) is 7.41. The maximum absolute atomic E-state index is 14.0. The van der Waals surface area contributed by atoms with Crippen LogP contribution in [0.25, 0.3) is 0 Å². The van der Waals surface area contributed by atoms with Crippen LogP contribution < -0.4 is 16.4 Å². The van der Waals surface area contributed by atoms with Crippen molar-refractivity contribution >= 4 is 23.0 Å². The van der Waals surface area contributed by atoms with Crippen LogP contribution in [0.5, 0.6) is 0 Å². The molecule has 0 heterocycles. The van der Waals surface area contributed by atoms with Crippen LogP contribution in [0.15, 0.2) is 42.5 Å². The standard InChI is InChI=1S/C22H26F5N3O/c1-2-3-4-5-17(23)20(24)21(31)30-19-11-10-16(12-18(19)28)29-13-14-6-8-15(9-7-14)22(25,26)27/h6-12,17,20,29H,2-5,13,28H2,1H3,(H,30,31)/t17-,20+/m1/s1. The van der Waals surface area contributed by atoms with Crippen molar-refractivity contribution in [2.75, 3.05) is 16.4 Å². The molecule has 0 aliphatic carbocycles. The van der Waals surface area contributed by atoms with E-state index >= 15 is 0 Å². The van der Waals surface area contributed by atoms with Crippen LogP contribution in [0.3, 0.4) is 0 Å². The Morgan fingerprint density at radius 3 is 2.32 bits per heavy atom. The Balaban J connectivity index is 1.91. The summed E-state index contributed by atoms with van der Waals surface area (Å²) in [6, 6.07) is 9.22. The highest BCUT2D eigenvalue weighted by Crippen LogP contribution is 2.29. The number of alkyl halides is 5. The van der Waals surface area contributed by atoms with Gasteiger partial charge in [-0.2, -0.15) is 13.2 Å². The Labute approximate surface area is 178 Å². The van der Waals surface area contributed by atoms with E-state index in [9.17, 15) is 26.7 Å². The van der Waals surface area contributed by atoms with E-state index in [1.165, 1.54) is 24.3 Å². The van der Waals surface area contributed by atoms with Crippen LogP contribution in [0.1, 0.15) is 43.7 Å². The molecule has 9 heteroatoms. The van der Waals surface area contributed by atoms with Gasteiger partial charge in [-0.15, -0.1) is 0 Å². The zero-order valence-electron chi connectivity index (χ0n) is 17.1. The first-order valence-electron chi connectivity index (χ1n) is 10.0. The molecule has 0 spiro atoms. The maximum atomic E-state index is 14.0. The molecule has 0 bridgehead atoms. The van der Waals surface area contributed by atoms with Gasteiger partial charge in [0.15, 0.2) is 0 Å². The number of unbranched alkanes of at least 4 members (excludes halogenated alkanes) is 2. The van der Waals surface area contributed by atoms with Gasteiger partial charge in [0.05, 0.1) is 16.9 Å². The summed E-state index contributed by atoms with van der Waals surface area (Å²) in [6.07, 6.45) is -6.44. The number of benzene rings is 2. The van der Waals surface area contributed by atoms with Gasteiger partial charge in [0.1, 0.15) is 6.17 Å². The number of carbonyl (C=O) groups is 1. The number of anilines is 3. The Hall–Kier alpha value is -2.84. The van der Waals surface area contributed by atoms with Gasteiger partial charge >= 0.3 is 6.18 Å². The number of amides is 1. The summed E-state index contributed by atoms with van der Waals surface area (Å²) in [5, 5.41) is 5.29. The number of nitrogens with two attached hydrogens (primary N) is 1. The van der Waals surface area contributed by atoms with Crippen LogP contribution in [-0.2, 0) is 17.5 Å². The minimum absolute atomic E-state index is 0.0231. The first-order valence-corrected chi connectivity index (χ1v) is 10.0. The predicted octanol–water partition coefficient (Wildman–Crippen LogP) is 6.09. The first-order chi connectivity index (χ1) is 14.6. The minimum Gasteiger partial charge on any atom is -0.397 e. The predicted molar refractivity (Wildman–Crippen MR) is 112 cm³/mol. The van der Waals surface area contributed by atoms with Crippen molar-refractivity contribution < 1.29 is 26.7 Å². The largest absolute Gasteiger partial charge is 0.416 e. The molecular weight excluding hydrogens is 417 g/mol. The van der Waals surface area contributed by atoms with Gasteiger partial charge in [-0.1, -0.05) is 38.3 Å². The highest BCUT2D eigenvalue weighted by molar-refractivity contribution is 5.97. The Morgan fingerprint density at radius 2 is 1.74 bits per heavy atom. The van der Waals surface area contributed by atoms with Crippen molar-refractivity contribution in [2.45, 2.75) is 57.7 Å². The number of halogens is 5. The molecule has 0 saturated heterocycles. The molecular formula is C22H26F5N3O. The summed E-state index contributed by atoms with van der Waals surface area (Å²) in [6.45, 7) is 2.19. The fourth-order valence-electron chi connectivity index (χ4n) is 2.90. The Kier molecular flexibility index (Phi) is 8.65. The van der Waals surface area contributed by atoms with Gasteiger partial charge in [0.2, 0.25) is 6.17 Å². The molecule has 0 unspecified atom stereocenters. The molecule has 2 atom stereocenters. The topological polar surface area (TPSA) is 67.2 Å². The molecule has 0 radical (unpaired) electrons. The van der Waals surface area contributed by atoms with E-state index < -0.39 is 30.0 Å². The van der Waals surface area contributed by atoms with Crippen molar-refractivity contribution in [3.63, 3.8) is 0 Å². The smallest absolute Gasteiger partial charge is 0.397 e. The summed E-state index contributed by atoms with van der Waals surface area (Å²) < 4.78 is 65.7. The highest BCUT2D eigenvalue weighted by atomic mass is 19.4. The van der Waals surface area contributed by atoms with Gasteiger partial charge in [-0.25, -0.2) is 8.78 Å². The van der Waals surface area contributed by atoms with E-state index in [0.717, 1.165) is 25.0 Å². The number of carbonyl (C=O) groups excluding carboxylic acids is 1. The number of nitrogens with one attached hydrogen (secondary N) is 2. The van der Waals surface area contributed by atoms with Crippen LogP contribution >= 0.6 is 0 Å². The molecule has 0 aromatic heterocycles. The lowest BCUT2D eigenvalue weighted by molar-refractivity contribution is -0.137. The summed E-state index contributed by atoms with van der Waals surface area (Å²) in [5.74, 6) is -1.10. The maximum Gasteiger partial charge on any atom is 0.416 e. The van der Waals surface area contributed by atoms with Crippen molar-refractivity contribution in [3.8, 4) is 0 Å². The van der Waals surface area contributed by atoms with Crippen molar-refractivity contribution in [2.24, 2.45) is 0 Å². The molecule has 2 aromatic rings. The van der Waals surface area contributed by atoms with Crippen LogP contribution in [0, 0.1) is 0 Å². The number of hydrogen-bond acceptors (Lipinski definition) is 3. The molecule has 2 aromatic carbocycles. The minimum atomic E-state index is -4.39. The van der Waals surface area contributed by atoms with E-state index in [4.69, 9.17) is 5.73 Å². The van der Waals surface area contributed by atoms with Crippen molar-refractivity contribution in [1.82, 2.24) is 0 Å². The number of nitrogen functional groups attached to an aromatic ring is 1. The van der Waals surface area contributed by atoms with Gasteiger partial charge in [0.25, 0.3) is 5.91 Å². The lowest BCUT2D eigenvalue weighted by atomic mass is 10.1. The monoisotopic (exact) mass is 443 g/mol. The highest BCUT2D eigenvalue weighted by Gasteiger charge is 2.30. The molecule has 1 amide bonds. The van der Waals surface area contributed by atoms with Gasteiger partial charge in [-0.05, 0) is 42.3 Å². The average molecular weight is 443 g/mol. The van der Waals surface area contributed by atoms with Crippen molar-refractivity contribution in [1.29, 1.82) is 0 Å². The summed E-state index contributed by atoms with van der Waals surface area (Å²) in [5.41, 5.74) is 6.62. The third-order valence-electron chi connectivity index (χ3n) is 4.74. The SMILES string of the molecule is CCCCC[C@@H](F)[C@H](F)C(=O)Nc1ccc(NCc2ccc(C(F)(F)F)cc2)cc1N. The quantitative estimate of drug-likeness (QED) is 0.236. The van der Waals surface area contributed by atoms with Crippen LogP contribution in [0.4, 0.5) is 39.0 Å². The normalized spacial score (nSPS) is 13.5. The first kappa shape index (κ1) is 24.4. The molecule has 2 rings (SSSR count). The summed E-state index contributed by atoms with van der Waals surface area (Å²) in [4.78, 5) is 12.0. The fraction of sp³-hybridized carbons (Fsp3) is 0.409. The van der Waals surface area contributed by atoms with Crippen LogP contribution in [-0.4, -0.2) is 18.3 Å². The molecule has 0 saturated carbocycles. The zero-order valence-corrected chi connectivity index (χ0v) is 17.1. The van der Waals surface area contributed by atoms with Gasteiger partial charge in [-0.3, -0.25) is 4.79 Å². The second-order valence-electron chi connectivity index (χ2n) is 7.25. The molecule has 0 aliphatic heterocycles. The third-order valence-corrected chi connectivity index (χ3v) is 4.74. The number of hydrogen-bond donors (Lipinski definition) is 3. The van der Waals surface area contributed by atoms with Crippen molar-refractivity contribution in [3.05, 3.63) is 53.6 Å². The van der Waals surface area contributed by atoms with E-state index in [1.54, 1.807) is 6.07 Å². The van der Waals surface area contributed by atoms with E-state index in [2.05, 4.69) is 10.6 Å². The zero-order chi connectivity index (χ0) is 23.0. The fourth-order valence-corrected chi connectivity index (χ4v) is 2.90. The lowest BCUT2D eigenvalue weighted by Gasteiger charge is -2.15. The van der Waals surface area contributed by atoms with Gasteiger partial charge < -0.3 is 16.4 Å². The number of rotatable bonds is 10. The van der Waals surface area contributed by atoms with E-state index in [-0.39, 0.29) is 24.3 Å². The summed E-state index contributed by atoms with van der Waals surface area (Å²) in [7, 11) is 0. The van der Waals surface area contributed by atoms with E-state index in [1.807, 2.05) is 6.92 Å². The second kappa shape index (κ2) is 11.0. The molecule has 4 N–H and O–H groups in total. The Bertz CT molecular complexity index is 855. The van der Waals surface area contributed by atoms with Gasteiger partial charge in [0, 0.05) is 12.2 Å². The molecule has 0 aliphatic rings. The second-order valence-corrected chi connectivity index (χ2v) is 7.25. The van der Waals surface area contributed by atoms with Crippen LogP contribution in [0.2, 0.25) is 0 Å².